The number of ketones is 1. The molecule has 4 nitrogen and oxygen atoms in total. The van der Waals surface area contributed by atoms with Gasteiger partial charge in [0, 0.05) is 0 Å². The molecule has 1 unspecified atom stereocenters. The Hall–Kier alpha value is -0.900. The lowest BCUT2D eigenvalue weighted by atomic mass is 9.97. The lowest BCUT2D eigenvalue weighted by molar-refractivity contribution is -0.164. The van der Waals surface area contributed by atoms with Crippen molar-refractivity contribution in [3.63, 3.8) is 0 Å². The first kappa shape index (κ1) is 9.10. The summed E-state index contributed by atoms with van der Waals surface area (Å²) in [7, 11) is 0. The van der Waals surface area contributed by atoms with Crippen LogP contribution in [-0.2, 0) is 9.59 Å². The van der Waals surface area contributed by atoms with Crippen LogP contribution in [0.1, 0.15) is 20.3 Å². The summed E-state index contributed by atoms with van der Waals surface area (Å²) < 4.78 is 0. The molecule has 0 amide bonds. The molecule has 0 saturated heterocycles. The minimum Gasteiger partial charge on any atom is -0.479 e. The molecule has 10 heavy (non-hydrogen) atoms. The largest absolute Gasteiger partial charge is 0.479 e. The lowest BCUT2D eigenvalue weighted by Gasteiger charge is -2.16. The van der Waals surface area contributed by atoms with Crippen LogP contribution in [0.3, 0.4) is 0 Å². The highest BCUT2D eigenvalue weighted by molar-refractivity contribution is 6.04. The van der Waals surface area contributed by atoms with E-state index in [9.17, 15) is 9.59 Å². The third-order valence-electron chi connectivity index (χ3n) is 1.45. The maximum atomic E-state index is 10.5. The maximum absolute atomic E-state index is 10.5. The van der Waals surface area contributed by atoms with Crippen LogP contribution < -0.4 is 0 Å². The summed E-state index contributed by atoms with van der Waals surface area (Å²) >= 11 is 0. The van der Waals surface area contributed by atoms with Gasteiger partial charge in [0.15, 0.2) is 5.78 Å². The highest BCUT2D eigenvalue weighted by atomic mass is 16.4. The van der Waals surface area contributed by atoms with Crippen LogP contribution >= 0.6 is 0 Å². The van der Waals surface area contributed by atoms with Gasteiger partial charge in [0.05, 0.1) is 0 Å². The molecule has 0 rings (SSSR count). The number of rotatable bonds is 3. The van der Waals surface area contributed by atoms with Gasteiger partial charge in [-0.1, -0.05) is 6.92 Å². The van der Waals surface area contributed by atoms with E-state index in [4.69, 9.17) is 10.2 Å². The van der Waals surface area contributed by atoms with Crippen LogP contribution in [0.2, 0.25) is 0 Å². The van der Waals surface area contributed by atoms with E-state index in [1.807, 2.05) is 0 Å². The van der Waals surface area contributed by atoms with E-state index in [0.717, 1.165) is 6.92 Å². The van der Waals surface area contributed by atoms with Gasteiger partial charge in [0.25, 0.3) is 0 Å². The molecule has 0 saturated carbocycles. The minimum atomic E-state index is -2.18. The van der Waals surface area contributed by atoms with Crippen LogP contribution in [0.4, 0.5) is 0 Å². The van der Waals surface area contributed by atoms with E-state index >= 15 is 0 Å². The van der Waals surface area contributed by atoms with Crippen LogP contribution in [0.25, 0.3) is 0 Å². The van der Waals surface area contributed by atoms with Gasteiger partial charge in [-0.3, -0.25) is 4.79 Å². The molecule has 4 heteroatoms. The predicted molar refractivity (Wildman–Crippen MR) is 33.6 cm³/mol. The number of aliphatic hydroxyl groups is 1. The molecular weight excluding hydrogens is 136 g/mol. The third kappa shape index (κ3) is 1.33. The zero-order chi connectivity index (χ0) is 8.36. The Morgan fingerprint density at radius 1 is 1.50 bits per heavy atom. The summed E-state index contributed by atoms with van der Waals surface area (Å²) in [5.41, 5.74) is -2.18. The van der Waals surface area contributed by atoms with Crippen LogP contribution in [0.5, 0.6) is 0 Å². The molecule has 0 aliphatic rings. The second-order valence-corrected chi connectivity index (χ2v) is 2.08. The number of carboxylic acids is 1. The number of hydrogen-bond acceptors (Lipinski definition) is 3. The Morgan fingerprint density at radius 2 is 1.90 bits per heavy atom. The summed E-state index contributed by atoms with van der Waals surface area (Å²) in [4.78, 5) is 20.7. The van der Waals surface area contributed by atoms with Crippen molar-refractivity contribution < 1.29 is 19.8 Å². The smallest absolute Gasteiger partial charge is 0.343 e. The van der Waals surface area contributed by atoms with Gasteiger partial charge in [-0.25, -0.2) is 4.79 Å². The molecule has 2 N–H and O–H groups in total. The number of aliphatic carboxylic acids is 1. The fourth-order valence-corrected chi connectivity index (χ4v) is 0.551. The molecule has 0 aromatic heterocycles. The van der Waals surface area contributed by atoms with Gasteiger partial charge in [-0.15, -0.1) is 0 Å². The Bertz CT molecular complexity index is 147. The first-order valence-electron chi connectivity index (χ1n) is 2.92. The minimum absolute atomic E-state index is 0.0995. The Labute approximate surface area is 58.5 Å². The van der Waals surface area contributed by atoms with Crippen molar-refractivity contribution in [2.24, 2.45) is 0 Å². The van der Waals surface area contributed by atoms with Crippen molar-refractivity contribution in [3.8, 4) is 0 Å². The summed E-state index contributed by atoms with van der Waals surface area (Å²) in [6.45, 7) is 2.49. The van der Waals surface area contributed by atoms with Crippen molar-refractivity contribution in [1.29, 1.82) is 0 Å². The zero-order valence-electron chi connectivity index (χ0n) is 5.92. The highest BCUT2D eigenvalue weighted by Gasteiger charge is 2.38. The molecule has 0 aliphatic heterocycles. The average molecular weight is 146 g/mol. The standard InChI is InChI=1S/C6H10O4/c1-3-6(10,4(2)7)5(8)9/h10H,3H2,1-2H3,(H,8,9). The first-order valence-corrected chi connectivity index (χ1v) is 2.92. The summed E-state index contributed by atoms with van der Waals surface area (Å²) in [6, 6.07) is 0. The van der Waals surface area contributed by atoms with Gasteiger partial charge in [0.2, 0.25) is 5.60 Å². The SMILES string of the molecule is CCC(O)(C(C)=O)C(=O)O. The lowest BCUT2D eigenvalue weighted by Crippen LogP contribution is -2.44. The molecule has 0 radical (unpaired) electrons. The van der Waals surface area contributed by atoms with Gasteiger partial charge < -0.3 is 10.2 Å². The second kappa shape index (κ2) is 2.79. The predicted octanol–water partition coefficient (Wildman–Crippen LogP) is -0.199. The topological polar surface area (TPSA) is 74.6 Å². The number of carbonyl (C=O) groups excluding carboxylic acids is 1. The molecule has 1 atom stereocenters. The Kier molecular flexibility index (Phi) is 2.54. The number of carboxylic acid groups (broad SMARTS) is 1. The molecule has 0 fully saturated rings. The van der Waals surface area contributed by atoms with Crippen molar-refractivity contribution >= 4 is 11.8 Å². The van der Waals surface area contributed by atoms with E-state index in [1.165, 1.54) is 6.92 Å². The Balaban J connectivity index is 4.55. The fourth-order valence-electron chi connectivity index (χ4n) is 0.551. The number of hydrogen-bond donors (Lipinski definition) is 2. The quantitative estimate of drug-likeness (QED) is 0.541. The van der Waals surface area contributed by atoms with Gasteiger partial charge in [-0.2, -0.15) is 0 Å². The van der Waals surface area contributed by atoms with Crippen LogP contribution in [-0.4, -0.2) is 27.6 Å². The molecular formula is C6H10O4. The van der Waals surface area contributed by atoms with Crippen molar-refractivity contribution in [2.75, 3.05) is 0 Å². The molecule has 0 aromatic carbocycles. The molecule has 0 spiro atoms. The average Bonchev–Trinajstić information content (AvgIpc) is 1.85. The van der Waals surface area contributed by atoms with Crippen LogP contribution in [0, 0.1) is 0 Å². The van der Waals surface area contributed by atoms with E-state index in [0.29, 0.717) is 0 Å². The van der Waals surface area contributed by atoms with E-state index in [-0.39, 0.29) is 6.42 Å². The third-order valence-corrected chi connectivity index (χ3v) is 1.45. The molecule has 58 valence electrons. The Morgan fingerprint density at radius 3 is 1.90 bits per heavy atom. The van der Waals surface area contributed by atoms with E-state index < -0.39 is 17.4 Å². The first-order chi connectivity index (χ1) is 4.45. The van der Waals surface area contributed by atoms with Crippen LogP contribution in [0.15, 0.2) is 0 Å². The highest BCUT2D eigenvalue weighted by Crippen LogP contribution is 2.10. The van der Waals surface area contributed by atoms with Gasteiger partial charge >= 0.3 is 5.97 Å². The monoisotopic (exact) mass is 146 g/mol. The molecule has 0 heterocycles. The normalized spacial score (nSPS) is 15.9. The summed E-state index contributed by atoms with van der Waals surface area (Å²) in [5, 5.41) is 17.4. The van der Waals surface area contributed by atoms with Gasteiger partial charge in [-0.05, 0) is 13.3 Å². The second-order valence-electron chi connectivity index (χ2n) is 2.08. The molecule has 0 bridgehead atoms. The zero-order valence-corrected chi connectivity index (χ0v) is 5.92. The molecule has 0 aromatic rings. The maximum Gasteiger partial charge on any atom is 0.343 e. The fraction of sp³-hybridized carbons (Fsp3) is 0.667. The number of carbonyl (C=O) groups is 2. The van der Waals surface area contributed by atoms with Crippen molar-refractivity contribution in [2.45, 2.75) is 25.9 Å². The summed E-state index contributed by atoms with van der Waals surface area (Å²) in [6.07, 6.45) is -0.0995. The van der Waals surface area contributed by atoms with Crippen molar-refractivity contribution in [3.05, 3.63) is 0 Å². The van der Waals surface area contributed by atoms with Crippen molar-refractivity contribution in [1.82, 2.24) is 0 Å². The molecule has 0 aliphatic carbocycles. The van der Waals surface area contributed by atoms with E-state index in [1.54, 1.807) is 0 Å². The van der Waals surface area contributed by atoms with Gasteiger partial charge in [0.1, 0.15) is 0 Å². The number of Topliss-reactive ketones (excluding diaryl/α,β-unsaturated/α-hetero) is 1. The summed E-state index contributed by atoms with van der Waals surface area (Å²) in [5.74, 6) is -2.22. The van der Waals surface area contributed by atoms with E-state index in [2.05, 4.69) is 0 Å².